The molecule has 0 aliphatic carbocycles. The Hall–Kier alpha value is -2.06. The first kappa shape index (κ1) is 15.5. The Morgan fingerprint density at radius 1 is 1.33 bits per heavy atom. The lowest BCUT2D eigenvalue weighted by Gasteiger charge is -2.25. The number of halogens is 3. The predicted molar refractivity (Wildman–Crippen MR) is 85.3 cm³/mol. The van der Waals surface area contributed by atoms with Crippen LogP contribution in [0.4, 0.5) is 8.78 Å². The van der Waals surface area contributed by atoms with Crippen LogP contribution in [0.5, 0.6) is 5.75 Å². The van der Waals surface area contributed by atoms with Crippen LogP contribution in [0.3, 0.4) is 0 Å². The summed E-state index contributed by atoms with van der Waals surface area (Å²) in [7, 11) is 0. The fraction of sp³-hybridized carbons (Fsp3) is 0.250. The van der Waals surface area contributed by atoms with Crippen molar-refractivity contribution in [3.63, 3.8) is 0 Å². The highest BCUT2D eigenvalue weighted by Crippen LogP contribution is 2.38. The summed E-state index contributed by atoms with van der Waals surface area (Å²) in [5.41, 5.74) is 2.92. The van der Waals surface area contributed by atoms with Crippen molar-refractivity contribution in [3.8, 4) is 5.75 Å². The third-order valence-corrected chi connectivity index (χ3v) is 4.29. The zero-order valence-electron chi connectivity index (χ0n) is 12.3. The molecule has 1 aliphatic heterocycles. The summed E-state index contributed by atoms with van der Waals surface area (Å²) < 4.78 is 38.5. The molecule has 0 bridgehead atoms. The van der Waals surface area contributed by atoms with E-state index in [0.717, 1.165) is 11.4 Å². The molecule has 0 saturated heterocycles. The maximum Gasteiger partial charge on any atom is 0.387 e. The molecular weight excluding hydrogens is 384 g/mol. The number of rotatable bonds is 3. The molecule has 1 unspecified atom stereocenters. The number of ether oxygens (including phenoxy) is 2. The van der Waals surface area contributed by atoms with Gasteiger partial charge >= 0.3 is 6.61 Å². The minimum absolute atomic E-state index is 0.105. The molecule has 0 saturated carbocycles. The summed E-state index contributed by atoms with van der Waals surface area (Å²) in [6.07, 6.45) is 3.57. The second-order valence-electron chi connectivity index (χ2n) is 5.30. The van der Waals surface area contributed by atoms with Crippen LogP contribution in [0.25, 0.3) is 5.65 Å². The van der Waals surface area contributed by atoms with Gasteiger partial charge in [0.2, 0.25) is 0 Å². The van der Waals surface area contributed by atoms with Gasteiger partial charge in [-0.05, 0) is 22.0 Å². The lowest BCUT2D eigenvalue weighted by Crippen LogP contribution is -2.20. The normalized spacial score (nSPS) is 17.2. The van der Waals surface area contributed by atoms with E-state index in [0.29, 0.717) is 28.8 Å². The van der Waals surface area contributed by atoms with E-state index in [1.807, 2.05) is 4.40 Å². The molecule has 2 aromatic heterocycles. The van der Waals surface area contributed by atoms with Crippen molar-refractivity contribution in [2.75, 3.05) is 6.61 Å². The van der Waals surface area contributed by atoms with Gasteiger partial charge in [0.1, 0.15) is 16.5 Å². The van der Waals surface area contributed by atoms with Gasteiger partial charge in [0.05, 0.1) is 24.2 Å². The third kappa shape index (κ3) is 2.65. The number of hydrogen-bond donors (Lipinski definition) is 0. The minimum Gasteiger partial charge on any atom is -0.434 e. The monoisotopic (exact) mass is 395 g/mol. The predicted octanol–water partition coefficient (Wildman–Crippen LogP) is 3.76. The Kier molecular flexibility index (Phi) is 3.93. The van der Waals surface area contributed by atoms with Crippen LogP contribution in [0.1, 0.15) is 23.1 Å². The second kappa shape index (κ2) is 6.10. The summed E-state index contributed by atoms with van der Waals surface area (Å²) in [4.78, 5) is 8.75. The Bertz CT molecular complexity index is 900. The van der Waals surface area contributed by atoms with E-state index in [1.54, 1.807) is 30.6 Å². The molecule has 3 aromatic rings. The number of alkyl halides is 2. The van der Waals surface area contributed by atoms with Crippen LogP contribution >= 0.6 is 15.9 Å². The van der Waals surface area contributed by atoms with Crippen molar-refractivity contribution in [3.05, 3.63) is 58.2 Å². The molecule has 0 amide bonds. The Labute approximate surface area is 144 Å². The van der Waals surface area contributed by atoms with E-state index >= 15 is 0 Å². The highest BCUT2D eigenvalue weighted by atomic mass is 79.9. The number of nitrogens with zero attached hydrogens (tertiary/aromatic N) is 3. The highest BCUT2D eigenvalue weighted by Gasteiger charge is 2.30. The molecule has 0 spiro atoms. The van der Waals surface area contributed by atoms with Crippen molar-refractivity contribution in [2.24, 2.45) is 0 Å². The number of imidazole rings is 1. The summed E-state index contributed by atoms with van der Waals surface area (Å²) in [5.74, 6) is 0.105. The maximum absolute atomic E-state index is 12.7. The lowest BCUT2D eigenvalue weighted by molar-refractivity contribution is -0.0522. The van der Waals surface area contributed by atoms with Gasteiger partial charge in [-0.1, -0.05) is 18.2 Å². The molecule has 1 aromatic carbocycles. The van der Waals surface area contributed by atoms with Gasteiger partial charge in [-0.15, -0.1) is 0 Å². The minimum atomic E-state index is -2.89. The van der Waals surface area contributed by atoms with Crippen molar-refractivity contribution in [1.29, 1.82) is 0 Å². The summed E-state index contributed by atoms with van der Waals surface area (Å²) in [6.45, 7) is -2.44. The fourth-order valence-electron chi connectivity index (χ4n) is 2.95. The van der Waals surface area contributed by atoms with Crippen LogP contribution in [0, 0.1) is 0 Å². The molecule has 4 rings (SSSR count). The van der Waals surface area contributed by atoms with Crippen LogP contribution < -0.4 is 4.74 Å². The molecule has 24 heavy (non-hydrogen) atoms. The summed E-state index contributed by atoms with van der Waals surface area (Å²) in [5, 5.41) is 0. The molecule has 124 valence electrons. The van der Waals surface area contributed by atoms with E-state index < -0.39 is 12.7 Å². The van der Waals surface area contributed by atoms with E-state index in [2.05, 4.69) is 30.6 Å². The number of fused-ring (bicyclic) bond motifs is 3. The first-order valence-electron chi connectivity index (χ1n) is 7.31. The molecule has 0 N–H and O–H groups in total. The smallest absolute Gasteiger partial charge is 0.387 e. The Morgan fingerprint density at radius 2 is 2.17 bits per heavy atom. The van der Waals surface area contributed by atoms with E-state index in [9.17, 15) is 8.78 Å². The van der Waals surface area contributed by atoms with Crippen LogP contribution in [0.15, 0.2) is 41.3 Å². The van der Waals surface area contributed by atoms with E-state index in [-0.39, 0.29) is 5.75 Å². The van der Waals surface area contributed by atoms with Gasteiger partial charge in [-0.25, -0.2) is 9.97 Å². The largest absolute Gasteiger partial charge is 0.434 e. The van der Waals surface area contributed by atoms with Crippen molar-refractivity contribution >= 4 is 21.6 Å². The van der Waals surface area contributed by atoms with Crippen molar-refractivity contribution in [2.45, 2.75) is 19.1 Å². The number of hydrogen-bond acceptors (Lipinski definition) is 4. The van der Waals surface area contributed by atoms with Gasteiger partial charge in [-0.3, -0.25) is 4.40 Å². The lowest BCUT2D eigenvalue weighted by atomic mass is 10.0. The van der Waals surface area contributed by atoms with Crippen LogP contribution in [0.2, 0.25) is 0 Å². The Morgan fingerprint density at radius 3 is 3.00 bits per heavy atom. The quantitative estimate of drug-likeness (QED) is 0.677. The molecule has 5 nitrogen and oxygen atoms in total. The highest BCUT2D eigenvalue weighted by molar-refractivity contribution is 9.10. The van der Waals surface area contributed by atoms with Gasteiger partial charge in [0.25, 0.3) is 0 Å². The topological polar surface area (TPSA) is 48.7 Å². The van der Waals surface area contributed by atoms with Crippen molar-refractivity contribution in [1.82, 2.24) is 14.4 Å². The molecule has 0 radical (unpaired) electrons. The molecule has 1 atom stereocenters. The fourth-order valence-corrected chi connectivity index (χ4v) is 3.26. The van der Waals surface area contributed by atoms with Crippen LogP contribution in [-0.2, 0) is 11.2 Å². The SMILES string of the molecule is FC(F)Oc1ccccc1C1OCCc2nc3cnc(Br)cn3c21. The van der Waals surface area contributed by atoms with Crippen molar-refractivity contribution < 1.29 is 18.3 Å². The summed E-state index contributed by atoms with van der Waals surface area (Å²) in [6, 6.07) is 6.67. The maximum atomic E-state index is 12.7. The average molecular weight is 396 g/mol. The molecule has 8 heteroatoms. The molecule has 0 fully saturated rings. The molecule has 1 aliphatic rings. The average Bonchev–Trinajstić information content (AvgIpc) is 2.93. The van der Waals surface area contributed by atoms with Gasteiger partial charge in [0.15, 0.2) is 5.65 Å². The number of aromatic nitrogens is 3. The first-order chi connectivity index (χ1) is 11.6. The standard InChI is InChI=1S/C16H12BrF2N3O2/c17-12-8-22-13(7-20-12)21-10-5-6-23-15(14(10)22)9-3-1-2-4-11(9)24-16(18)19/h1-4,7-8,15-16H,5-6H2. The number of benzene rings is 1. The first-order valence-corrected chi connectivity index (χ1v) is 8.10. The van der Waals surface area contributed by atoms with E-state index in [4.69, 9.17) is 4.74 Å². The third-order valence-electron chi connectivity index (χ3n) is 3.88. The van der Waals surface area contributed by atoms with Gasteiger partial charge in [-0.2, -0.15) is 8.78 Å². The molecule has 3 heterocycles. The Balaban J connectivity index is 1.88. The number of para-hydroxylation sites is 1. The summed E-state index contributed by atoms with van der Waals surface area (Å²) >= 11 is 3.34. The molecular formula is C16H12BrF2N3O2. The van der Waals surface area contributed by atoms with Crippen LogP contribution in [-0.4, -0.2) is 27.6 Å². The zero-order valence-corrected chi connectivity index (χ0v) is 13.9. The second-order valence-corrected chi connectivity index (χ2v) is 6.11. The van der Waals surface area contributed by atoms with E-state index in [1.165, 1.54) is 6.07 Å². The van der Waals surface area contributed by atoms with Gasteiger partial charge < -0.3 is 9.47 Å². The zero-order chi connectivity index (χ0) is 16.7. The van der Waals surface area contributed by atoms with Gasteiger partial charge in [0, 0.05) is 18.2 Å².